The van der Waals surface area contributed by atoms with Gasteiger partial charge in [0.15, 0.2) is 0 Å². The average molecular weight is 371 g/mol. The molecule has 27 heavy (non-hydrogen) atoms. The van der Waals surface area contributed by atoms with Gasteiger partial charge >= 0.3 is 11.9 Å². The lowest BCUT2D eigenvalue weighted by atomic mass is 10.0. The molecule has 0 aliphatic carbocycles. The van der Waals surface area contributed by atoms with Gasteiger partial charge < -0.3 is 19.8 Å². The van der Waals surface area contributed by atoms with E-state index in [1.807, 2.05) is 12.1 Å². The standard InChI is InChI=1S/C17H21NO.C4H4O4/c1-18(2)13-14-19-17(15-9-5-3-6-10-15)16-11-7-4-8-12-16;5-3(6)1-2-4(7)8/h3-12,17H,13-14H2,1-2H3;1-2H,(H,5,6)(H,7,8)/b;2-1+. The molecule has 0 heterocycles. The van der Waals surface area contributed by atoms with Crippen molar-refractivity contribution in [3.05, 3.63) is 83.9 Å². The number of ether oxygens (including phenoxy) is 1. The van der Waals surface area contributed by atoms with E-state index in [2.05, 4.69) is 67.5 Å². The predicted molar refractivity (Wildman–Crippen MR) is 104 cm³/mol. The fourth-order valence-electron chi connectivity index (χ4n) is 2.14. The molecule has 0 aliphatic rings. The van der Waals surface area contributed by atoms with Crippen molar-refractivity contribution in [2.45, 2.75) is 6.10 Å². The molecule has 2 rings (SSSR count). The van der Waals surface area contributed by atoms with E-state index in [0.29, 0.717) is 12.2 Å². The molecule has 2 aromatic rings. The lowest BCUT2D eigenvalue weighted by Gasteiger charge is -2.20. The maximum absolute atomic E-state index is 9.55. The Morgan fingerprint density at radius 2 is 1.30 bits per heavy atom. The number of benzene rings is 2. The van der Waals surface area contributed by atoms with E-state index in [1.165, 1.54) is 11.1 Å². The molecule has 6 nitrogen and oxygen atoms in total. The third-order valence-electron chi connectivity index (χ3n) is 3.40. The van der Waals surface area contributed by atoms with Gasteiger partial charge in [0, 0.05) is 18.7 Å². The van der Waals surface area contributed by atoms with Crippen LogP contribution in [0.3, 0.4) is 0 Å². The SMILES string of the molecule is CN(C)CCOC(c1ccccc1)c1ccccc1.O=C(O)/C=C/C(=O)O. The first-order valence-electron chi connectivity index (χ1n) is 8.40. The first-order chi connectivity index (χ1) is 12.9. The van der Waals surface area contributed by atoms with Crippen LogP contribution < -0.4 is 0 Å². The van der Waals surface area contributed by atoms with Crippen LogP contribution in [0.2, 0.25) is 0 Å². The van der Waals surface area contributed by atoms with Crippen LogP contribution in [0.5, 0.6) is 0 Å². The smallest absolute Gasteiger partial charge is 0.328 e. The minimum atomic E-state index is -1.26. The lowest BCUT2D eigenvalue weighted by molar-refractivity contribution is -0.134. The van der Waals surface area contributed by atoms with Crippen molar-refractivity contribution in [3.8, 4) is 0 Å². The summed E-state index contributed by atoms with van der Waals surface area (Å²) in [6.45, 7) is 1.65. The number of hydrogen-bond acceptors (Lipinski definition) is 4. The molecule has 0 amide bonds. The molecule has 0 spiro atoms. The summed E-state index contributed by atoms with van der Waals surface area (Å²) in [7, 11) is 4.12. The van der Waals surface area contributed by atoms with Gasteiger partial charge in [-0.15, -0.1) is 0 Å². The third kappa shape index (κ3) is 9.94. The van der Waals surface area contributed by atoms with E-state index in [1.54, 1.807) is 0 Å². The van der Waals surface area contributed by atoms with E-state index in [4.69, 9.17) is 14.9 Å². The van der Waals surface area contributed by atoms with Crippen molar-refractivity contribution in [1.29, 1.82) is 0 Å². The highest BCUT2D eigenvalue weighted by Crippen LogP contribution is 2.25. The first-order valence-corrected chi connectivity index (χ1v) is 8.40. The zero-order valence-corrected chi connectivity index (χ0v) is 15.5. The van der Waals surface area contributed by atoms with Crippen LogP contribution in [0.25, 0.3) is 0 Å². The molecule has 0 saturated heterocycles. The Labute approximate surface area is 159 Å². The van der Waals surface area contributed by atoms with E-state index in [0.717, 1.165) is 13.2 Å². The summed E-state index contributed by atoms with van der Waals surface area (Å²) in [5.74, 6) is -2.51. The number of carbonyl (C=O) groups is 2. The van der Waals surface area contributed by atoms with Crippen LogP contribution >= 0.6 is 0 Å². The molecular formula is C21H25NO5. The fraction of sp³-hybridized carbons (Fsp3) is 0.238. The molecule has 0 aromatic heterocycles. The minimum absolute atomic E-state index is 0.0161. The minimum Gasteiger partial charge on any atom is -0.478 e. The number of likely N-dealkylation sites (N-methyl/N-ethyl adjacent to an activating group) is 1. The van der Waals surface area contributed by atoms with Crippen LogP contribution in [0.4, 0.5) is 0 Å². The number of rotatable bonds is 8. The van der Waals surface area contributed by atoms with Crippen molar-refractivity contribution >= 4 is 11.9 Å². The number of carboxylic acid groups (broad SMARTS) is 2. The summed E-state index contributed by atoms with van der Waals surface area (Å²) in [6.07, 6.45) is 1.13. The predicted octanol–water partition coefficient (Wildman–Crippen LogP) is 3.07. The summed E-state index contributed by atoms with van der Waals surface area (Å²) >= 11 is 0. The molecule has 144 valence electrons. The molecule has 0 bridgehead atoms. The van der Waals surface area contributed by atoms with Crippen LogP contribution in [-0.4, -0.2) is 54.3 Å². The second kappa shape index (κ2) is 12.4. The van der Waals surface area contributed by atoms with E-state index < -0.39 is 11.9 Å². The molecule has 0 saturated carbocycles. The number of hydrogen-bond donors (Lipinski definition) is 2. The molecule has 0 unspecified atom stereocenters. The normalized spacial score (nSPS) is 10.7. The van der Waals surface area contributed by atoms with Gasteiger partial charge in [0.25, 0.3) is 0 Å². The van der Waals surface area contributed by atoms with Gasteiger partial charge in [-0.3, -0.25) is 0 Å². The Kier molecular flexibility index (Phi) is 10.1. The van der Waals surface area contributed by atoms with E-state index in [9.17, 15) is 9.59 Å². The molecule has 0 aliphatic heterocycles. The van der Waals surface area contributed by atoms with Gasteiger partial charge in [0.1, 0.15) is 6.10 Å². The van der Waals surface area contributed by atoms with Crippen molar-refractivity contribution in [2.24, 2.45) is 0 Å². The maximum Gasteiger partial charge on any atom is 0.328 e. The maximum atomic E-state index is 9.55. The monoisotopic (exact) mass is 371 g/mol. The van der Waals surface area contributed by atoms with Crippen molar-refractivity contribution in [1.82, 2.24) is 4.90 Å². The second-order valence-corrected chi connectivity index (χ2v) is 5.89. The topological polar surface area (TPSA) is 87.1 Å². The Bertz CT molecular complexity index is 658. The highest BCUT2D eigenvalue weighted by atomic mass is 16.5. The molecule has 0 atom stereocenters. The van der Waals surface area contributed by atoms with E-state index in [-0.39, 0.29) is 6.10 Å². The molecular weight excluding hydrogens is 346 g/mol. The van der Waals surface area contributed by atoms with Gasteiger partial charge in [0.05, 0.1) is 6.61 Å². The summed E-state index contributed by atoms with van der Waals surface area (Å²) in [6, 6.07) is 20.8. The quantitative estimate of drug-likeness (QED) is 0.694. The van der Waals surface area contributed by atoms with Crippen molar-refractivity contribution in [3.63, 3.8) is 0 Å². The van der Waals surface area contributed by atoms with Gasteiger partial charge in [-0.25, -0.2) is 9.59 Å². The summed E-state index contributed by atoms with van der Waals surface area (Å²) in [5, 5.41) is 15.6. The van der Waals surface area contributed by atoms with Gasteiger partial charge in [-0.2, -0.15) is 0 Å². The highest BCUT2D eigenvalue weighted by Gasteiger charge is 2.13. The summed E-state index contributed by atoms with van der Waals surface area (Å²) in [5.41, 5.74) is 2.40. The highest BCUT2D eigenvalue weighted by molar-refractivity contribution is 5.89. The molecule has 0 radical (unpaired) electrons. The Morgan fingerprint density at radius 1 is 0.889 bits per heavy atom. The second-order valence-electron chi connectivity index (χ2n) is 5.89. The van der Waals surface area contributed by atoms with Crippen molar-refractivity contribution in [2.75, 3.05) is 27.2 Å². The fourth-order valence-corrected chi connectivity index (χ4v) is 2.14. The Morgan fingerprint density at radius 3 is 1.63 bits per heavy atom. The van der Waals surface area contributed by atoms with Gasteiger partial charge in [-0.05, 0) is 25.2 Å². The first kappa shape index (κ1) is 22.1. The molecule has 2 aromatic carbocycles. The number of carboxylic acids is 2. The van der Waals surface area contributed by atoms with Crippen LogP contribution in [-0.2, 0) is 14.3 Å². The summed E-state index contributed by atoms with van der Waals surface area (Å²) < 4.78 is 6.08. The van der Waals surface area contributed by atoms with Crippen LogP contribution in [0, 0.1) is 0 Å². The van der Waals surface area contributed by atoms with E-state index >= 15 is 0 Å². The number of aliphatic carboxylic acids is 2. The van der Waals surface area contributed by atoms with Gasteiger partial charge in [-0.1, -0.05) is 60.7 Å². The summed E-state index contributed by atoms with van der Waals surface area (Å²) in [4.78, 5) is 21.2. The van der Waals surface area contributed by atoms with Crippen LogP contribution in [0.1, 0.15) is 17.2 Å². The average Bonchev–Trinajstić information content (AvgIpc) is 2.65. The largest absolute Gasteiger partial charge is 0.478 e. The molecule has 2 N–H and O–H groups in total. The zero-order chi connectivity index (χ0) is 20.1. The third-order valence-corrected chi connectivity index (χ3v) is 3.40. The van der Waals surface area contributed by atoms with Crippen molar-refractivity contribution < 1.29 is 24.5 Å². The zero-order valence-electron chi connectivity index (χ0n) is 15.5. The van der Waals surface area contributed by atoms with Gasteiger partial charge in [0.2, 0.25) is 0 Å². The Balaban J connectivity index is 0.000000387. The molecule has 6 heteroatoms. The number of nitrogens with zero attached hydrogens (tertiary/aromatic N) is 1. The van der Waals surface area contributed by atoms with Crippen LogP contribution in [0.15, 0.2) is 72.8 Å². The lowest BCUT2D eigenvalue weighted by Crippen LogP contribution is -2.20. The Hall–Kier alpha value is -2.96. The molecule has 0 fully saturated rings.